The van der Waals surface area contributed by atoms with Crippen LogP contribution in [-0.2, 0) is 0 Å². The van der Waals surface area contributed by atoms with Crippen molar-refractivity contribution < 1.29 is 5.21 Å². The van der Waals surface area contributed by atoms with Gasteiger partial charge in [-0.3, -0.25) is 4.90 Å². The molecule has 0 spiro atoms. The Morgan fingerprint density at radius 1 is 0.958 bits per heavy atom. The molecule has 1 atom stereocenters. The highest BCUT2D eigenvalue weighted by Crippen LogP contribution is 2.31. The molecule has 2 saturated heterocycles. The van der Waals surface area contributed by atoms with Crippen LogP contribution < -0.4 is 0 Å². The topological polar surface area (TPSA) is 39.1 Å². The summed E-state index contributed by atoms with van der Waals surface area (Å²) in [5.41, 5.74) is 2.46. The van der Waals surface area contributed by atoms with Crippen LogP contribution in [0.5, 0.6) is 0 Å². The normalized spacial score (nSPS) is 22.8. The van der Waals surface area contributed by atoms with E-state index in [1.165, 1.54) is 57.3 Å². The standard InChI is InChI=1S/C20H31N3O/c24-21-19-11-16-22(17-12-19)13-5-2-6-14-23-15-7-10-20(23)18-8-3-1-4-9-18/h1,3-4,8-9,20,24H,2,5-7,10-17H2. The molecule has 4 nitrogen and oxygen atoms in total. The Morgan fingerprint density at radius 2 is 1.71 bits per heavy atom. The van der Waals surface area contributed by atoms with Crippen molar-refractivity contribution in [2.75, 3.05) is 32.7 Å². The fourth-order valence-corrected chi connectivity index (χ4v) is 4.11. The van der Waals surface area contributed by atoms with Crippen LogP contribution in [0.15, 0.2) is 35.5 Å². The van der Waals surface area contributed by atoms with Gasteiger partial charge in [0.25, 0.3) is 0 Å². The van der Waals surface area contributed by atoms with E-state index in [0.717, 1.165) is 31.6 Å². The number of hydrogen-bond acceptors (Lipinski definition) is 4. The van der Waals surface area contributed by atoms with Crippen LogP contribution in [-0.4, -0.2) is 53.4 Å². The average molecular weight is 329 g/mol. The van der Waals surface area contributed by atoms with Crippen LogP contribution in [0.1, 0.15) is 56.6 Å². The van der Waals surface area contributed by atoms with Crippen molar-refractivity contribution >= 4 is 5.71 Å². The Morgan fingerprint density at radius 3 is 2.46 bits per heavy atom. The Hall–Kier alpha value is -1.39. The minimum Gasteiger partial charge on any atom is -0.411 e. The third kappa shape index (κ3) is 4.81. The molecular weight excluding hydrogens is 298 g/mol. The lowest BCUT2D eigenvalue weighted by Crippen LogP contribution is -2.34. The number of hydrogen-bond donors (Lipinski definition) is 1. The zero-order valence-corrected chi connectivity index (χ0v) is 14.7. The summed E-state index contributed by atoms with van der Waals surface area (Å²) in [5.74, 6) is 0. The quantitative estimate of drug-likeness (QED) is 0.468. The van der Waals surface area contributed by atoms with Crippen LogP contribution >= 0.6 is 0 Å². The molecule has 2 aliphatic heterocycles. The molecule has 0 amide bonds. The Kier molecular flexibility index (Phi) is 6.67. The molecule has 3 rings (SSSR count). The van der Waals surface area contributed by atoms with Crippen LogP contribution in [0.3, 0.4) is 0 Å². The lowest BCUT2D eigenvalue weighted by atomic mass is 10.0. The summed E-state index contributed by atoms with van der Waals surface area (Å²) in [4.78, 5) is 5.19. The average Bonchev–Trinajstić information content (AvgIpc) is 3.11. The summed E-state index contributed by atoms with van der Waals surface area (Å²) in [5, 5.41) is 12.1. The maximum atomic E-state index is 8.80. The highest BCUT2D eigenvalue weighted by Gasteiger charge is 2.25. The zero-order valence-electron chi connectivity index (χ0n) is 14.7. The van der Waals surface area contributed by atoms with E-state index >= 15 is 0 Å². The minimum absolute atomic E-state index is 0.643. The van der Waals surface area contributed by atoms with Gasteiger partial charge in [0.05, 0.1) is 5.71 Å². The molecule has 132 valence electrons. The van der Waals surface area contributed by atoms with Gasteiger partial charge in [0.15, 0.2) is 0 Å². The van der Waals surface area contributed by atoms with E-state index in [-0.39, 0.29) is 0 Å². The summed E-state index contributed by atoms with van der Waals surface area (Å²) < 4.78 is 0. The number of nitrogens with zero attached hydrogens (tertiary/aromatic N) is 3. The first-order valence-corrected chi connectivity index (χ1v) is 9.58. The van der Waals surface area contributed by atoms with Gasteiger partial charge in [-0.1, -0.05) is 41.9 Å². The third-order valence-corrected chi connectivity index (χ3v) is 5.54. The van der Waals surface area contributed by atoms with Gasteiger partial charge in [-0.25, -0.2) is 0 Å². The second-order valence-corrected chi connectivity index (χ2v) is 7.17. The van der Waals surface area contributed by atoms with E-state index in [1.54, 1.807) is 0 Å². The maximum absolute atomic E-state index is 8.80. The van der Waals surface area contributed by atoms with Gasteiger partial charge < -0.3 is 10.1 Å². The molecule has 0 aromatic heterocycles. The van der Waals surface area contributed by atoms with E-state index in [1.807, 2.05) is 0 Å². The highest BCUT2D eigenvalue weighted by molar-refractivity contribution is 5.84. The predicted molar refractivity (Wildman–Crippen MR) is 98.7 cm³/mol. The molecular formula is C20H31N3O. The van der Waals surface area contributed by atoms with Crippen molar-refractivity contribution in [3.8, 4) is 0 Å². The molecule has 0 bridgehead atoms. The Labute approximate surface area is 146 Å². The number of unbranched alkanes of at least 4 members (excludes halogenated alkanes) is 2. The zero-order chi connectivity index (χ0) is 16.6. The largest absolute Gasteiger partial charge is 0.411 e. The fraction of sp³-hybridized carbons (Fsp3) is 0.650. The maximum Gasteiger partial charge on any atom is 0.0596 e. The van der Waals surface area contributed by atoms with Crippen molar-refractivity contribution in [3.05, 3.63) is 35.9 Å². The van der Waals surface area contributed by atoms with Crippen molar-refractivity contribution in [1.29, 1.82) is 0 Å². The number of benzene rings is 1. The lowest BCUT2D eigenvalue weighted by molar-refractivity contribution is 0.238. The number of oxime groups is 1. The van der Waals surface area contributed by atoms with Gasteiger partial charge in [0, 0.05) is 32.0 Å². The summed E-state index contributed by atoms with van der Waals surface area (Å²) in [7, 11) is 0. The first-order chi connectivity index (χ1) is 11.9. The van der Waals surface area contributed by atoms with Crippen molar-refractivity contribution in [1.82, 2.24) is 9.80 Å². The predicted octanol–water partition coefficient (Wildman–Crippen LogP) is 3.92. The molecule has 1 aromatic rings. The molecule has 2 heterocycles. The van der Waals surface area contributed by atoms with Crippen molar-refractivity contribution in [2.45, 2.75) is 51.0 Å². The van der Waals surface area contributed by atoms with Crippen LogP contribution in [0.25, 0.3) is 0 Å². The lowest BCUT2D eigenvalue weighted by Gasteiger charge is -2.27. The summed E-state index contributed by atoms with van der Waals surface area (Å²) in [6.45, 7) is 5.81. The van der Waals surface area contributed by atoms with Crippen LogP contribution in [0.2, 0.25) is 0 Å². The molecule has 2 aliphatic rings. The highest BCUT2D eigenvalue weighted by atomic mass is 16.4. The molecule has 0 radical (unpaired) electrons. The van der Waals surface area contributed by atoms with Gasteiger partial charge in [0.2, 0.25) is 0 Å². The molecule has 4 heteroatoms. The minimum atomic E-state index is 0.643. The van der Waals surface area contributed by atoms with Gasteiger partial charge in [-0.05, 0) is 50.9 Å². The molecule has 1 N–H and O–H groups in total. The summed E-state index contributed by atoms with van der Waals surface area (Å²) in [6, 6.07) is 11.6. The van der Waals surface area contributed by atoms with Gasteiger partial charge in [-0.2, -0.15) is 0 Å². The molecule has 0 aliphatic carbocycles. The second-order valence-electron chi connectivity index (χ2n) is 7.17. The van der Waals surface area contributed by atoms with E-state index in [4.69, 9.17) is 5.21 Å². The Bertz CT molecular complexity index is 507. The third-order valence-electron chi connectivity index (χ3n) is 5.54. The SMILES string of the molecule is ON=C1CCN(CCCCCN2CCCC2c2ccccc2)CC1. The Balaban J connectivity index is 1.32. The van der Waals surface area contributed by atoms with E-state index in [9.17, 15) is 0 Å². The second kappa shape index (κ2) is 9.19. The smallest absolute Gasteiger partial charge is 0.0596 e. The molecule has 24 heavy (non-hydrogen) atoms. The van der Waals surface area contributed by atoms with Gasteiger partial charge >= 0.3 is 0 Å². The first kappa shape index (κ1) is 17.4. The monoisotopic (exact) mass is 329 g/mol. The van der Waals surface area contributed by atoms with Crippen molar-refractivity contribution in [2.24, 2.45) is 5.16 Å². The van der Waals surface area contributed by atoms with Gasteiger partial charge in [0.1, 0.15) is 0 Å². The first-order valence-electron chi connectivity index (χ1n) is 9.58. The molecule has 1 aromatic carbocycles. The van der Waals surface area contributed by atoms with E-state index < -0.39 is 0 Å². The molecule has 1 unspecified atom stereocenters. The molecule has 2 fully saturated rings. The number of rotatable bonds is 7. The summed E-state index contributed by atoms with van der Waals surface area (Å²) in [6.07, 6.45) is 8.42. The number of likely N-dealkylation sites (tertiary alicyclic amines) is 2. The van der Waals surface area contributed by atoms with Crippen LogP contribution in [0.4, 0.5) is 0 Å². The van der Waals surface area contributed by atoms with E-state index in [0.29, 0.717) is 6.04 Å². The van der Waals surface area contributed by atoms with E-state index in [2.05, 4.69) is 45.3 Å². The molecule has 0 saturated carbocycles. The fourth-order valence-electron chi connectivity index (χ4n) is 4.11. The van der Waals surface area contributed by atoms with Crippen LogP contribution in [0, 0.1) is 0 Å². The van der Waals surface area contributed by atoms with Crippen molar-refractivity contribution in [3.63, 3.8) is 0 Å². The van der Waals surface area contributed by atoms with Gasteiger partial charge in [-0.15, -0.1) is 0 Å². The summed E-state index contributed by atoms with van der Waals surface area (Å²) >= 11 is 0. The number of piperidine rings is 1.